The van der Waals surface area contributed by atoms with E-state index < -0.39 is 0 Å². The second-order valence-corrected chi connectivity index (χ2v) is 9.80. The minimum atomic E-state index is -0.0223. The first-order chi connectivity index (χ1) is 17.1. The fourth-order valence-electron chi connectivity index (χ4n) is 4.72. The van der Waals surface area contributed by atoms with E-state index in [4.69, 9.17) is 9.47 Å². The van der Waals surface area contributed by atoms with Crippen molar-refractivity contribution in [1.29, 1.82) is 0 Å². The van der Waals surface area contributed by atoms with Crippen LogP contribution in [0.3, 0.4) is 0 Å². The van der Waals surface area contributed by atoms with Crippen molar-refractivity contribution in [3.8, 4) is 28.5 Å². The largest absolute Gasteiger partial charge is 0.474 e. The van der Waals surface area contributed by atoms with Crippen LogP contribution in [0.2, 0.25) is 0 Å². The number of halogens is 1. The molecule has 0 saturated heterocycles. The number of nitrogens with one attached hydrogen (secondary N) is 1. The van der Waals surface area contributed by atoms with Gasteiger partial charge in [0.2, 0.25) is 5.88 Å². The van der Waals surface area contributed by atoms with E-state index in [2.05, 4.69) is 35.9 Å². The van der Waals surface area contributed by atoms with E-state index >= 15 is 0 Å². The van der Waals surface area contributed by atoms with Gasteiger partial charge in [-0.1, -0.05) is 6.07 Å². The number of H-pyrrole nitrogens is 1. The third-order valence-corrected chi connectivity index (χ3v) is 7.32. The lowest BCUT2D eigenvalue weighted by Crippen LogP contribution is -2.30. The van der Waals surface area contributed by atoms with E-state index in [-0.39, 0.29) is 12.0 Å². The number of carbonyl (C=O) groups is 1. The number of rotatable bonds is 8. The van der Waals surface area contributed by atoms with Gasteiger partial charge >= 0.3 is 0 Å². The Morgan fingerprint density at radius 2 is 1.86 bits per heavy atom. The lowest BCUT2D eigenvalue weighted by atomic mass is 9.80. The van der Waals surface area contributed by atoms with Gasteiger partial charge in [0, 0.05) is 47.1 Å². The molecule has 0 amide bonds. The van der Waals surface area contributed by atoms with Crippen LogP contribution in [0.4, 0.5) is 0 Å². The first-order valence-corrected chi connectivity index (χ1v) is 12.6. The topological polar surface area (TPSA) is 90.0 Å². The molecule has 1 unspecified atom stereocenters. The van der Waals surface area contributed by atoms with Crippen molar-refractivity contribution >= 4 is 33.2 Å². The van der Waals surface area contributed by atoms with Crippen molar-refractivity contribution in [1.82, 2.24) is 19.9 Å². The monoisotopic (exact) mass is 534 g/mol. The average molecular weight is 535 g/mol. The zero-order chi connectivity index (χ0) is 24.2. The average Bonchev–Trinajstić information content (AvgIpc) is 3.34. The van der Waals surface area contributed by atoms with Crippen LogP contribution in [0, 0.1) is 11.8 Å². The van der Waals surface area contributed by atoms with Gasteiger partial charge in [0.1, 0.15) is 23.7 Å². The maximum Gasteiger partial charge on any atom is 0.213 e. The molecule has 4 aromatic rings. The second-order valence-electron chi connectivity index (χ2n) is 8.95. The number of para-hydroxylation sites is 1. The predicted octanol–water partition coefficient (Wildman–Crippen LogP) is 5.85. The molecule has 1 aromatic carbocycles. The minimum absolute atomic E-state index is 0.0223. The number of hydrogen-bond acceptors (Lipinski definition) is 6. The third-order valence-electron chi connectivity index (χ3n) is 6.68. The molecule has 3 heterocycles. The molecule has 5 rings (SSSR count). The Labute approximate surface area is 212 Å². The van der Waals surface area contributed by atoms with Crippen LogP contribution in [0.15, 0.2) is 59.3 Å². The Kier molecular flexibility index (Phi) is 7.20. The highest BCUT2D eigenvalue weighted by atomic mass is 79.9. The van der Waals surface area contributed by atoms with Gasteiger partial charge in [-0.05, 0) is 77.9 Å². The molecule has 1 aliphatic carbocycles. The van der Waals surface area contributed by atoms with Crippen LogP contribution in [0.1, 0.15) is 25.7 Å². The minimum Gasteiger partial charge on any atom is -0.474 e. The van der Waals surface area contributed by atoms with Crippen molar-refractivity contribution in [2.75, 3.05) is 13.7 Å². The number of methoxy groups -OCH3 is 1. The standard InChI is InChI=1S/C27H27BrN4O3/c1-34-16-20(15-33)17-5-9-21(10-6-17)35-25-12-8-18(13-30-25)23-11-7-19(14-29-23)27-31-24-4-2-3-22(28)26(24)32-27/h2-4,7-8,11-15,17,20-21H,5-6,9-10,16H2,1H3,(H,31,32). The van der Waals surface area contributed by atoms with Gasteiger partial charge in [-0.2, -0.15) is 0 Å². The van der Waals surface area contributed by atoms with E-state index in [1.54, 1.807) is 13.3 Å². The number of nitrogens with zero attached hydrogens (tertiary/aromatic N) is 3. The van der Waals surface area contributed by atoms with Crippen LogP contribution < -0.4 is 4.74 Å². The lowest BCUT2D eigenvalue weighted by molar-refractivity contribution is -0.115. The van der Waals surface area contributed by atoms with Crippen molar-refractivity contribution in [3.05, 3.63) is 59.3 Å². The first kappa shape index (κ1) is 23.6. The molecular weight excluding hydrogens is 508 g/mol. The predicted molar refractivity (Wildman–Crippen MR) is 138 cm³/mol. The Balaban J connectivity index is 1.20. The van der Waals surface area contributed by atoms with E-state index in [0.717, 1.165) is 70.1 Å². The zero-order valence-corrected chi connectivity index (χ0v) is 21.1. The number of hydrogen-bond donors (Lipinski definition) is 1. The fraction of sp³-hybridized carbons (Fsp3) is 0.333. The molecule has 8 heteroatoms. The Bertz CT molecular complexity index is 1280. The van der Waals surface area contributed by atoms with Crippen LogP contribution in [-0.4, -0.2) is 46.0 Å². The molecular formula is C27H27BrN4O3. The summed E-state index contributed by atoms with van der Waals surface area (Å²) in [5, 5.41) is 0. The van der Waals surface area contributed by atoms with Crippen molar-refractivity contribution in [3.63, 3.8) is 0 Å². The highest BCUT2D eigenvalue weighted by molar-refractivity contribution is 9.10. The molecule has 3 aromatic heterocycles. The van der Waals surface area contributed by atoms with Crippen molar-refractivity contribution in [2.24, 2.45) is 11.8 Å². The summed E-state index contributed by atoms with van der Waals surface area (Å²) in [7, 11) is 1.64. The molecule has 0 spiro atoms. The van der Waals surface area contributed by atoms with Gasteiger partial charge in [-0.3, -0.25) is 4.98 Å². The van der Waals surface area contributed by atoms with E-state index in [0.29, 0.717) is 18.4 Å². The zero-order valence-electron chi connectivity index (χ0n) is 19.5. The highest BCUT2D eigenvalue weighted by Gasteiger charge is 2.28. The molecule has 0 aliphatic heterocycles. The fourth-order valence-corrected chi connectivity index (χ4v) is 5.18. The van der Waals surface area contributed by atoms with Gasteiger partial charge in [-0.15, -0.1) is 0 Å². The third kappa shape index (κ3) is 5.28. The molecule has 1 saturated carbocycles. The van der Waals surface area contributed by atoms with Crippen molar-refractivity contribution < 1.29 is 14.3 Å². The maximum atomic E-state index is 11.3. The SMILES string of the molecule is COCC(C=O)C1CCC(Oc2ccc(-c3ccc(-c4nc5c(Br)cccc5[nH]4)cn3)cn2)CC1. The van der Waals surface area contributed by atoms with Gasteiger partial charge in [0.15, 0.2) is 0 Å². The normalized spacial score (nSPS) is 18.9. The molecule has 1 atom stereocenters. The number of fused-ring (bicyclic) bond motifs is 1. The van der Waals surface area contributed by atoms with Crippen LogP contribution in [0.5, 0.6) is 5.88 Å². The summed E-state index contributed by atoms with van der Waals surface area (Å²) in [6.07, 6.45) is 8.55. The molecule has 1 aliphatic rings. The summed E-state index contributed by atoms with van der Waals surface area (Å²) < 4.78 is 12.3. The number of aromatic nitrogens is 4. The Hall–Kier alpha value is -3.10. The first-order valence-electron chi connectivity index (χ1n) is 11.8. The number of aldehydes is 1. The number of pyridine rings is 2. The number of aromatic amines is 1. The van der Waals surface area contributed by atoms with E-state index in [1.807, 2.05) is 48.7 Å². The van der Waals surface area contributed by atoms with Gasteiger partial charge in [0.25, 0.3) is 0 Å². The summed E-state index contributed by atoms with van der Waals surface area (Å²) in [5.41, 5.74) is 4.56. The summed E-state index contributed by atoms with van der Waals surface area (Å²) in [4.78, 5) is 28.5. The van der Waals surface area contributed by atoms with Crippen LogP contribution >= 0.6 is 15.9 Å². The lowest BCUT2D eigenvalue weighted by Gasteiger charge is -2.31. The Morgan fingerprint density at radius 1 is 1.06 bits per heavy atom. The van der Waals surface area contributed by atoms with Gasteiger partial charge in [-0.25, -0.2) is 9.97 Å². The molecule has 1 N–H and O–H groups in total. The van der Waals surface area contributed by atoms with E-state index in [1.165, 1.54) is 0 Å². The van der Waals surface area contributed by atoms with Crippen LogP contribution in [0.25, 0.3) is 33.7 Å². The summed E-state index contributed by atoms with van der Waals surface area (Å²) >= 11 is 3.55. The van der Waals surface area contributed by atoms with E-state index in [9.17, 15) is 4.79 Å². The molecule has 7 nitrogen and oxygen atoms in total. The number of benzene rings is 1. The van der Waals surface area contributed by atoms with Crippen molar-refractivity contribution in [2.45, 2.75) is 31.8 Å². The summed E-state index contributed by atoms with van der Waals surface area (Å²) in [6.45, 7) is 0.494. The Morgan fingerprint density at radius 3 is 2.51 bits per heavy atom. The van der Waals surface area contributed by atoms with Crippen LogP contribution in [-0.2, 0) is 9.53 Å². The molecule has 1 fully saturated rings. The molecule has 0 radical (unpaired) electrons. The molecule has 180 valence electrons. The summed E-state index contributed by atoms with van der Waals surface area (Å²) in [5.74, 6) is 1.75. The van der Waals surface area contributed by atoms with Gasteiger partial charge < -0.3 is 19.3 Å². The number of ether oxygens (including phenoxy) is 2. The number of imidazole rings is 1. The smallest absolute Gasteiger partial charge is 0.213 e. The number of carbonyl (C=O) groups excluding carboxylic acids is 1. The quantitative estimate of drug-likeness (QED) is 0.285. The molecule has 35 heavy (non-hydrogen) atoms. The summed E-state index contributed by atoms with van der Waals surface area (Å²) in [6, 6.07) is 13.8. The molecule has 0 bridgehead atoms. The van der Waals surface area contributed by atoms with Gasteiger partial charge in [0.05, 0.1) is 17.8 Å². The highest BCUT2D eigenvalue weighted by Crippen LogP contribution is 2.32. The maximum absolute atomic E-state index is 11.3. The second kappa shape index (κ2) is 10.7.